The molecule has 1 saturated carbocycles. The summed E-state index contributed by atoms with van der Waals surface area (Å²) in [5.41, 5.74) is 1.10. The summed E-state index contributed by atoms with van der Waals surface area (Å²) >= 11 is 0. The highest BCUT2D eigenvalue weighted by atomic mass is 16.5. The van der Waals surface area contributed by atoms with E-state index in [0.29, 0.717) is 23.8 Å². The molecule has 2 atom stereocenters. The van der Waals surface area contributed by atoms with E-state index in [9.17, 15) is 4.79 Å². The molecule has 1 aromatic rings. The Labute approximate surface area is 144 Å². The molecule has 1 saturated heterocycles. The molecule has 3 rings (SSSR count). The minimum absolute atomic E-state index is 0.338. The Morgan fingerprint density at radius 2 is 2.12 bits per heavy atom. The molecule has 2 fully saturated rings. The zero-order chi connectivity index (χ0) is 16.9. The van der Waals surface area contributed by atoms with Crippen molar-refractivity contribution in [2.45, 2.75) is 32.2 Å². The van der Waals surface area contributed by atoms with Crippen molar-refractivity contribution >= 4 is 12.0 Å². The second-order valence-electron chi connectivity index (χ2n) is 6.98. The maximum absolute atomic E-state index is 12.2. The van der Waals surface area contributed by atoms with E-state index in [-0.39, 0.29) is 0 Å². The molecule has 130 valence electrons. The van der Waals surface area contributed by atoms with Gasteiger partial charge in [0.25, 0.3) is 0 Å². The quantitative estimate of drug-likeness (QED) is 0.873. The molecular formula is C20H28N2O2. The monoisotopic (exact) mass is 328 g/mol. The average Bonchev–Trinajstić information content (AvgIpc) is 3.44. The van der Waals surface area contributed by atoms with Crippen LogP contribution in [0.25, 0.3) is 6.08 Å². The topological polar surface area (TPSA) is 41.6 Å². The predicted octanol–water partition coefficient (Wildman–Crippen LogP) is 2.95. The highest BCUT2D eigenvalue weighted by Gasteiger charge is 2.36. The van der Waals surface area contributed by atoms with Crippen molar-refractivity contribution in [1.29, 1.82) is 0 Å². The first-order valence-electron chi connectivity index (χ1n) is 9.00. The summed E-state index contributed by atoms with van der Waals surface area (Å²) in [4.78, 5) is 14.2. The number of ether oxygens (including phenoxy) is 1. The molecule has 2 aliphatic rings. The number of nitrogens with zero attached hydrogens (tertiary/aromatic N) is 1. The fourth-order valence-electron chi connectivity index (χ4n) is 3.45. The Morgan fingerprint density at radius 3 is 2.83 bits per heavy atom. The fourth-order valence-corrected chi connectivity index (χ4v) is 3.45. The van der Waals surface area contributed by atoms with Crippen molar-refractivity contribution in [3.8, 4) is 5.75 Å². The summed E-state index contributed by atoms with van der Waals surface area (Å²) in [6.07, 6.45) is 7.48. The molecule has 1 aliphatic carbocycles. The van der Waals surface area contributed by atoms with E-state index < -0.39 is 0 Å². The van der Waals surface area contributed by atoms with Crippen LogP contribution in [-0.4, -0.2) is 43.6 Å². The van der Waals surface area contributed by atoms with Crippen molar-refractivity contribution in [2.75, 3.05) is 26.7 Å². The second-order valence-corrected chi connectivity index (χ2v) is 6.98. The number of hydrogen-bond donors (Lipinski definition) is 1. The van der Waals surface area contributed by atoms with Crippen molar-refractivity contribution in [2.24, 2.45) is 11.8 Å². The number of nitrogens with one attached hydrogen (secondary N) is 1. The molecule has 0 spiro atoms. The van der Waals surface area contributed by atoms with Gasteiger partial charge in [-0.2, -0.15) is 0 Å². The highest BCUT2D eigenvalue weighted by molar-refractivity contribution is 5.81. The largest absolute Gasteiger partial charge is 0.496 e. The number of hydrogen-bond acceptors (Lipinski definition) is 3. The Morgan fingerprint density at radius 1 is 1.33 bits per heavy atom. The van der Waals surface area contributed by atoms with Gasteiger partial charge in [-0.05, 0) is 31.2 Å². The zero-order valence-electron chi connectivity index (χ0n) is 14.7. The number of rotatable bonds is 6. The van der Waals surface area contributed by atoms with Gasteiger partial charge in [0.2, 0.25) is 5.91 Å². The van der Waals surface area contributed by atoms with Crippen LogP contribution < -0.4 is 10.1 Å². The smallest absolute Gasteiger partial charge is 0.225 e. The Kier molecular flexibility index (Phi) is 5.56. The normalized spacial score (nSPS) is 24.3. The van der Waals surface area contributed by atoms with Crippen LogP contribution >= 0.6 is 0 Å². The minimum atomic E-state index is 0.338. The first-order chi connectivity index (χ1) is 11.7. The SMILES string of the molecule is COc1ccccc1C=CCNC1CCN(C(=O)C2CC2)CC1C. The van der Waals surface area contributed by atoms with Crippen LogP contribution in [-0.2, 0) is 4.79 Å². The Balaban J connectivity index is 1.45. The molecule has 1 N–H and O–H groups in total. The average molecular weight is 328 g/mol. The number of methoxy groups -OCH3 is 1. The first-order valence-corrected chi connectivity index (χ1v) is 9.00. The summed E-state index contributed by atoms with van der Waals surface area (Å²) in [5, 5.41) is 3.62. The van der Waals surface area contributed by atoms with Crippen LogP contribution in [0.5, 0.6) is 5.75 Å². The summed E-state index contributed by atoms with van der Waals surface area (Å²) in [6.45, 7) is 4.87. The molecule has 4 heteroatoms. The van der Waals surface area contributed by atoms with Gasteiger partial charge in [0.1, 0.15) is 5.75 Å². The molecule has 1 heterocycles. The number of benzene rings is 1. The molecule has 1 amide bonds. The van der Waals surface area contributed by atoms with Gasteiger partial charge in [-0.1, -0.05) is 37.3 Å². The molecule has 24 heavy (non-hydrogen) atoms. The summed E-state index contributed by atoms with van der Waals surface area (Å²) in [7, 11) is 1.70. The van der Waals surface area contributed by atoms with Gasteiger partial charge in [-0.15, -0.1) is 0 Å². The predicted molar refractivity (Wildman–Crippen MR) is 96.9 cm³/mol. The lowest BCUT2D eigenvalue weighted by molar-refractivity contribution is -0.134. The number of piperidine rings is 1. The Bertz CT molecular complexity index is 595. The van der Waals surface area contributed by atoms with Crippen LogP contribution in [0.4, 0.5) is 0 Å². The van der Waals surface area contributed by atoms with Gasteiger partial charge in [-0.3, -0.25) is 4.79 Å². The van der Waals surface area contributed by atoms with Crippen LogP contribution in [0.3, 0.4) is 0 Å². The fraction of sp³-hybridized carbons (Fsp3) is 0.550. The van der Waals surface area contributed by atoms with E-state index >= 15 is 0 Å². The second kappa shape index (κ2) is 7.84. The Hall–Kier alpha value is -1.81. The van der Waals surface area contributed by atoms with Crippen molar-refractivity contribution in [3.05, 3.63) is 35.9 Å². The standard InChI is InChI=1S/C20H28N2O2/c1-15-14-22(20(23)17-9-10-17)13-11-18(15)21-12-5-7-16-6-3-4-8-19(16)24-2/h3-8,15,17-18,21H,9-14H2,1-2H3. The minimum Gasteiger partial charge on any atom is -0.496 e. The van der Waals surface area contributed by atoms with Crippen molar-refractivity contribution in [1.82, 2.24) is 10.2 Å². The van der Waals surface area contributed by atoms with E-state index in [2.05, 4.69) is 35.4 Å². The molecule has 4 nitrogen and oxygen atoms in total. The maximum atomic E-state index is 12.2. The lowest BCUT2D eigenvalue weighted by Gasteiger charge is -2.37. The number of carbonyl (C=O) groups is 1. The number of amides is 1. The molecule has 0 aromatic heterocycles. The third-order valence-electron chi connectivity index (χ3n) is 5.08. The van der Waals surface area contributed by atoms with Crippen LogP contribution in [0, 0.1) is 11.8 Å². The molecule has 2 unspecified atom stereocenters. The zero-order valence-corrected chi connectivity index (χ0v) is 14.7. The number of likely N-dealkylation sites (tertiary alicyclic amines) is 1. The van der Waals surface area contributed by atoms with Gasteiger partial charge < -0.3 is 15.0 Å². The first kappa shape index (κ1) is 17.0. The molecule has 1 aliphatic heterocycles. The number of carbonyl (C=O) groups excluding carboxylic acids is 1. The summed E-state index contributed by atoms with van der Waals surface area (Å²) in [6, 6.07) is 8.51. The van der Waals surface area contributed by atoms with E-state index in [1.165, 1.54) is 0 Å². The van der Waals surface area contributed by atoms with Gasteiger partial charge >= 0.3 is 0 Å². The van der Waals surface area contributed by atoms with E-state index in [0.717, 1.165) is 50.2 Å². The van der Waals surface area contributed by atoms with Crippen molar-refractivity contribution < 1.29 is 9.53 Å². The third kappa shape index (κ3) is 4.18. The molecule has 1 aromatic carbocycles. The number of para-hydroxylation sites is 1. The summed E-state index contributed by atoms with van der Waals surface area (Å²) in [5.74, 6) is 2.12. The lowest BCUT2D eigenvalue weighted by Crippen LogP contribution is -2.50. The van der Waals surface area contributed by atoms with Gasteiger partial charge in [0.15, 0.2) is 0 Å². The summed E-state index contributed by atoms with van der Waals surface area (Å²) < 4.78 is 5.36. The van der Waals surface area contributed by atoms with Gasteiger partial charge in [-0.25, -0.2) is 0 Å². The van der Waals surface area contributed by atoms with Gasteiger partial charge in [0.05, 0.1) is 7.11 Å². The van der Waals surface area contributed by atoms with Crippen LogP contribution in [0.15, 0.2) is 30.3 Å². The maximum Gasteiger partial charge on any atom is 0.225 e. The molecule has 0 radical (unpaired) electrons. The van der Waals surface area contributed by atoms with Crippen LogP contribution in [0.1, 0.15) is 31.7 Å². The molecule has 0 bridgehead atoms. The van der Waals surface area contributed by atoms with E-state index in [4.69, 9.17) is 4.74 Å². The highest BCUT2D eigenvalue weighted by Crippen LogP contribution is 2.32. The molecular weight excluding hydrogens is 300 g/mol. The van der Waals surface area contributed by atoms with Crippen LogP contribution in [0.2, 0.25) is 0 Å². The third-order valence-corrected chi connectivity index (χ3v) is 5.08. The van der Waals surface area contributed by atoms with E-state index in [1.807, 2.05) is 18.2 Å². The van der Waals surface area contributed by atoms with Crippen molar-refractivity contribution in [3.63, 3.8) is 0 Å². The lowest BCUT2D eigenvalue weighted by atomic mass is 9.93. The van der Waals surface area contributed by atoms with Gasteiger partial charge in [0, 0.05) is 37.2 Å². The van der Waals surface area contributed by atoms with E-state index in [1.54, 1.807) is 7.11 Å².